The van der Waals surface area contributed by atoms with Crippen LogP contribution in [0.5, 0.6) is 0 Å². The molecule has 0 aromatic heterocycles. The average molecular weight is 375 g/mol. The highest BCUT2D eigenvalue weighted by Crippen LogP contribution is 2.43. The Morgan fingerprint density at radius 3 is 1.96 bits per heavy atom. The molecule has 1 nitrogen and oxygen atoms in total. The van der Waals surface area contributed by atoms with Gasteiger partial charge in [0.1, 0.15) is 0 Å². The second-order valence-corrected chi connectivity index (χ2v) is 9.80. The number of hydrogen-bond donors (Lipinski definition) is 1. The topological polar surface area (TPSA) is 20.2 Å². The Morgan fingerprint density at radius 2 is 1.48 bits per heavy atom. The van der Waals surface area contributed by atoms with Crippen LogP contribution in [-0.4, -0.2) is 10.7 Å². The van der Waals surface area contributed by atoms with E-state index in [1.54, 1.807) is 0 Å². The Bertz CT molecular complexity index is 488. The molecule has 0 unspecified atom stereocenters. The molecule has 1 N–H and O–H groups in total. The van der Waals surface area contributed by atoms with Crippen LogP contribution in [0.4, 0.5) is 0 Å². The molecule has 0 saturated heterocycles. The summed E-state index contributed by atoms with van der Waals surface area (Å²) in [5, 5.41) is 10.2. The molecule has 0 radical (unpaired) electrons. The van der Waals surface area contributed by atoms with E-state index in [0.29, 0.717) is 0 Å². The first-order valence-corrected chi connectivity index (χ1v) is 11.5. The van der Waals surface area contributed by atoms with Crippen molar-refractivity contribution in [3.8, 4) is 0 Å². The van der Waals surface area contributed by atoms with Gasteiger partial charge in [0.25, 0.3) is 0 Å². The summed E-state index contributed by atoms with van der Waals surface area (Å²) in [6.07, 6.45) is 17.0. The summed E-state index contributed by atoms with van der Waals surface area (Å²) in [5.74, 6) is 2.60. The van der Waals surface area contributed by atoms with Crippen LogP contribution in [0.3, 0.4) is 0 Å². The van der Waals surface area contributed by atoms with Crippen molar-refractivity contribution in [2.75, 3.05) is 0 Å². The van der Waals surface area contributed by atoms with Crippen LogP contribution in [0.2, 0.25) is 0 Å². The summed E-state index contributed by atoms with van der Waals surface area (Å²) in [7, 11) is 0. The lowest BCUT2D eigenvalue weighted by Crippen LogP contribution is -2.09. The van der Waals surface area contributed by atoms with Crippen molar-refractivity contribution in [2.24, 2.45) is 17.8 Å². The van der Waals surface area contributed by atoms with E-state index in [1.807, 2.05) is 0 Å². The molecule has 1 heteroatoms. The molecule has 156 valence electrons. The van der Waals surface area contributed by atoms with Crippen LogP contribution in [-0.2, 0) is 0 Å². The lowest BCUT2D eigenvalue weighted by atomic mass is 9.91. The lowest BCUT2D eigenvalue weighted by Gasteiger charge is -2.15. The van der Waals surface area contributed by atoms with E-state index >= 15 is 0 Å². The van der Waals surface area contributed by atoms with Gasteiger partial charge in [-0.2, -0.15) is 0 Å². The largest absolute Gasteiger partial charge is 0.385 e. The molecule has 0 amide bonds. The highest BCUT2D eigenvalue weighted by molar-refractivity contribution is 5.26. The molecule has 0 aromatic rings. The fraction of sp³-hybridized carbons (Fsp3) is 0.808. The van der Waals surface area contributed by atoms with Crippen molar-refractivity contribution in [1.29, 1.82) is 0 Å². The van der Waals surface area contributed by atoms with E-state index in [4.69, 9.17) is 0 Å². The maximum atomic E-state index is 10.2. The fourth-order valence-corrected chi connectivity index (χ4v) is 3.93. The van der Waals surface area contributed by atoms with E-state index in [0.717, 1.165) is 42.6 Å². The van der Waals surface area contributed by atoms with Crippen LogP contribution < -0.4 is 0 Å². The second-order valence-electron chi connectivity index (χ2n) is 9.80. The Labute approximate surface area is 170 Å². The monoisotopic (exact) mass is 374 g/mol. The zero-order valence-electron chi connectivity index (χ0n) is 18.9. The molecule has 0 spiro atoms. The van der Waals surface area contributed by atoms with Crippen molar-refractivity contribution in [3.05, 3.63) is 29.5 Å². The Balaban J connectivity index is 2.09. The SMILES string of the molecule is C=C=C(C/C=C(\C)CCC[C@H](C)CCC[C@H](C)CCCC(C)C)C1(O)CC1. The molecule has 0 heterocycles. The molecule has 1 rings (SSSR count). The van der Waals surface area contributed by atoms with Crippen LogP contribution in [0.1, 0.15) is 112 Å². The maximum absolute atomic E-state index is 10.2. The standard InChI is InChI=1S/C26H46O/c1-7-25(26(27)19-20-26)18-17-24(6)16-10-15-23(5)14-9-13-22(4)12-8-11-21(2)3/h17,21-23,27H,1,8-16,18-20H2,2-6H3/b24-17+/t22-,23-/m1/s1. The first-order valence-electron chi connectivity index (χ1n) is 11.5. The molecule has 27 heavy (non-hydrogen) atoms. The van der Waals surface area contributed by atoms with Crippen molar-refractivity contribution in [3.63, 3.8) is 0 Å². The van der Waals surface area contributed by atoms with Crippen molar-refractivity contribution >= 4 is 0 Å². The molecular weight excluding hydrogens is 328 g/mol. The number of aliphatic hydroxyl groups is 1. The average Bonchev–Trinajstić information content (AvgIpc) is 3.33. The molecule has 0 aliphatic heterocycles. The van der Waals surface area contributed by atoms with Crippen molar-refractivity contribution < 1.29 is 5.11 Å². The molecule has 1 fully saturated rings. The van der Waals surface area contributed by atoms with Crippen LogP contribution in [0.15, 0.2) is 29.5 Å². The Kier molecular flexibility index (Phi) is 11.4. The zero-order valence-corrected chi connectivity index (χ0v) is 18.9. The van der Waals surface area contributed by atoms with Gasteiger partial charge in [0, 0.05) is 5.57 Å². The summed E-state index contributed by atoms with van der Waals surface area (Å²) < 4.78 is 0. The predicted molar refractivity (Wildman–Crippen MR) is 120 cm³/mol. The first kappa shape index (κ1) is 24.3. The van der Waals surface area contributed by atoms with Crippen LogP contribution in [0.25, 0.3) is 0 Å². The number of rotatable bonds is 15. The fourth-order valence-electron chi connectivity index (χ4n) is 3.93. The first-order chi connectivity index (χ1) is 12.8. The molecule has 0 aromatic carbocycles. The van der Waals surface area contributed by atoms with Gasteiger partial charge >= 0.3 is 0 Å². The molecule has 1 aliphatic rings. The Morgan fingerprint density at radius 1 is 0.963 bits per heavy atom. The van der Waals surface area contributed by atoms with Crippen LogP contribution >= 0.6 is 0 Å². The predicted octanol–water partition coefficient (Wildman–Crippen LogP) is 8.00. The van der Waals surface area contributed by atoms with Crippen molar-refractivity contribution in [2.45, 2.75) is 117 Å². The van der Waals surface area contributed by atoms with E-state index in [-0.39, 0.29) is 0 Å². The van der Waals surface area contributed by atoms with Gasteiger partial charge in [-0.1, -0.05) is 90.9 Å². The normalized spacial score (nSPS) is 18.3. The summed E-state index contributed by atoms with van der Waals surface area (Å²) >= 11 is 0. The summed E-state index contributed by atoms with van der Waals surface area (Å²) in [6, 6.07) is 0. The van der Waals surface area contributed by atoms with Gasteiger partial charge in [-0.3, -0.25) is 0 Å². The third-order valence-corrected chi connectivity index (χ3v) is 6.29. The third kappa shape index (κ3) is 11.0. The summed E-state index contributed by atoms with van der Waals surface area (Å²) in [5.41, 5.74) is 4.81. The highest BCUT2D eigenvalue weighted by Gasteiger charge is 2.43. The quantitative estimate of drug-likeness (QED) is 0.227. The number of hydrogen-bond acceptors (Lipinski definition) is 1. The van der Waals surface area contributed by atoms with E-state index in [2.05, 4.69) is 53.0 Å². The Hall–Kier alpha value is -0.780. The van der Waals surface area contributed by atoms with Gasteiger partial charge in [-0.15, -0.1) is 5.73 Å². The number of allylic oxidation sites excluding steroid dienone is 2. The van der Waals surface area contributed by atoms with Crippen molar-refractivity contribution in [1.82, 2.24) is 0 Å². The second kappa shape index (κ2) is 12.6. The molecule has 0 bridgehead atoms. The highest BCUT2D eigenvalue weighted by atomic mass is 16.3. The van der Waals surface area contributed by atoms with Gasteiger partial charge in [-0.25, -0.2) is 0 Å². The van der Waals surface area contributed by atoms with Gasteiger partial charge < -0.3 is 5.11 Å². The minimum Gasteiger partial charge on any atom is -0.385 e. The molecule has 2 atom stereocenters. The van der Waals surface area contributed by atoms with Gasteiger partial charge in [0.15, 0.2) is 0 Å². The maximum Gasteiger partial charge on any atom is 0.0935 e. The molecule has 1 aliphatic carbocycles. The van der Waals surface area contributed by atoms with Gasteiger partial charge in [-0.05, 0) is 56.8 Å². The third-order valence-electron chi connectivity index (χ3n) is 6.29. The van der Waals surface area contributed by atoms with Gasteiger partial charge in [0.05, 0.1) is 5.60 Å². The van der Waals surface area contributed by atoms with Crippen LogP contribution in [0, 0.1) is 17.8 Å². The van der Waals surface area contributed by atoms with E-state index in [1.165, 1.54) is 63.4 Å². The summed E-state index contributed by atoms with van der Waals surface area (Å²) in [6.45, 7) is 15.5. The zero-order chi connectivity index (χ0) is 20.3. The molecule has 1 saturated carbocycles. The lowest BCUT2D eigenvalue weighted by molar-refractivity contribution is 0.187. The smallest absolute Gasteiger partial charge is 0.0935 e. The molecular formula is C26H46O. The minimum atomic E-state index is -0.570. The summed E-state index contributed by atoms with van der Waals surface area (Å²) in [4.78, 5) is 0. The minimum absolute atomic E-state index is 0.570. The van der Waals surface area contributed by atoms with Gasteiger partial charge in [0.2, 0.25) is 0 Å². The van der Waals surface area contributed by atoms with E-state index < -0.39 is 5.60 Å². The van der Waals surface area contributed by atoms with E-state index in [9.17, 15) is 5.11 Å².